The minimum absolute atomic E-state index is 0.365. The molecule has 0 bridgehead atoms. The highest BCUT2D eigenvalue weighted by Crippen LogP contribution is 2.43. The number of rotatable bonds is 6. The van der Waals surface area contributed by atoms with Crippen molar-refractivity contribution in [1.82, 2.24) is 10.3 Å². The molecule has 1 aliphatic rings. The molecule has 4 rings (SSSR count). The Morgan fingerprint density at radius 3 is 2.65 bits per heavy atom. The fraction of sp³-hybridized carbons (Fsp3) is 0.320. The summed E-state index contributed by atoms with van der Waals surface area (Å²) in [5.74, 6) is 0.365. The SMILES string of the molecule is Cc1ccc2c(n1)S(=O)c1ccc(C)c(C)c1N2CCCNCc1cccc(C)c1O. The van der Waals surface area contributed by atoms with Crippen molar-refractivity contribution in [2.45, 2.75) is 50.6 Å². The van der Waals surface area contributed by atoms with Crippen LogP contribution in [0.15, 0.2) is 52.4 Å². The van der Waals surface area contributed by atoms with Gasteiger partial charge in [0.15, 0.2) is 5.03 Å². The summed E-state index contributed by atoms with van der Waals surface area (Å²) in [5, 5.41) is 14.3. The zero-order valence-corrected chi connectivity index (χ0v) is 19.3. The summed E-state index contributed by atoms with van der Waals surface area (Å²) in [6.45, 7) is 10.3. The van der Waals surface area contributed by atoms with E-state index in [4.69, 9.17) is 0 Å². The van der Waals surface area contributed by atoms with Crippen LogP contribution < -0.4 is 10.2 Å². The fourth-order valence-corrected chi connectivity index (χ4v) is 5.47. The molecule has 162 valence electrons. The molecule has 3 aromatic rings. The van der Waals surface area contributed by atoms with E-state index in [9.17, 15) is 9.32 Å². The number of aryl methyl sites for hydroxylation is 3. The Balaban J connectivity index is 1.53. The van der Waals surface area contributed by atoms with E-state index in [0.29, 0.717) is 17.3 Å². The smallest absolute Gasteiger partial charge is 0.156 e. The van der Waals surface area contributed by atoms with Crippen LogP contribution in [0.2, 0.25) is 0 Å². The Morgan fingerprint density at radius 1 is 1.03 bits per heavy atom. The summed E-state index contributed by atoms with van der Waals surface area (Å²) in [5.41, 5.74) is 7.01. The van der Waals surface area contributed by atoms with Crippen LogP contribution in [-0.2, 0) is 17.3 Å². The van der Waals surface area contributed by atoms with Crippen molar-refractivity contribution in [1.29, 1.82) is 0 Å². The molecule has 1 aliphatic heterocycles. The van der Waals surface area contributed by atoms with E-state index in [0.717, 1.165) is 58.2 Å². The quantitative estimate of drug-likeness (QED) is 0.544. The van der Waals surface area contributed by atoms with Crippen molar-refractivity contribution in [3.05, 3.63) is 70.4 Å². The van der Waals surface area contributed by atoms with Gasteiger partial charge in [-0.1, -0.05) is 24.3 Å². The van der Waals surface area contributed by atoms with Gasteiger partial charge in [-0.25, -0.2) is 9.19 Å². The summed E-state index contributed by atoms with van der Waals surface area (Å²) in [6.07, 6.45) is 0.902. The number of phenolic OH excluding ortho intramolecular Hbond substituents is 1. The number of aromatic nitrogens is 1. The summed E-state index contributed by atoms with van der Waals surface area (Å²) in [4.78, 5) is 7.72. The van der Waals surface area contributed by atoms with Crippen molar-refractivity contribution < 1.29 is 9.32 Å². The number of nitrogens with zero attached hydrogens (tertiary/aromatic N) is 2. The van der Waals surface area contributed by atoms with Crippen LogP contribution in [0.4, 0.5) is 11.4 Å². The molecule has 0 fully saturated rings. The predicted molar refractivity (Wildman–Crippen MR) is 126 cm³/mol. The fourth-order valence-electron chi connectivity index (χ4n) is 4.03. The molecule has 0 amide bonds. The molecule has 0 aliphatic carbocycles. The van der Waals surface area contributed by atoms with Crippen molar-refractivity contribution in [3.63, 3.8) is 0 Å². The maximum atomic E-state index is 13.2. The van der Waals surface area contributed by atoms with E-state index in [-0.39, 0.29) is 0 Å². The van der Waals surface area contributed by atoms with Crippen molar-refractivity contribution in [2.75, 3.05) is 18.0 Å². The van der Waals surface area contributed by atoms with Crippen LogP contribution in [0.25, 0.3) is 0 Å². The molecule has 0 radical (unpaired) electrons. The van der Waals surface area contributed by atoms with Gasteiger partial charge < -0.3 is 15.3 Å². The third-order valence-electron chi connectivity index (χ3n) is 5.95. The van der Waals surface area contributed by atoms with Gasteiger partial charge >= 0.3 is 0 Å². The second kappa shape index (κ2) is 8.81. The van der Waals surface area contributed by atoms with Gasteiger partial charge in [0.2, 0.25) is 0 Å². The molecule has 2 heterocycles. The molecule has 6 heteroatoms. The maximum absolute atomic E-state index is 13.2. The molecule has 0 saturated carbocycles. The van der Waals surface area contributed by atoms with Gasteiger partial charge in [-0.05, 0) is 75.5 Å². The summed E-state index contributed by atoms with van der Waals surface area (Å²) in [7, 11) is -1.27. The first-order chi connectivity index (χ1) is 14.9. The van der Waals surface area contributed by atoms with Gasteiger partial charge in [0.1, 0.15) is 16.5 Å². The zero-order valence-electron chi connectivity index (χ0n) is 18.5. The van der Waals surface area contributed by atoms with E-state index in [1.165, 1.54) is 5.56 Å². The van der Waals surface area contributed by atoms with E-state index in [1.807, 2.05) is 56.3 Å². The second-order valence-corrected chi connectivity index (χ2v) is 9.53. The Hall–Kier alpha value is -2.70. The van der Waals surface area contributed by atoms with Gasteiger partial charge in [-0.15, -0.1) is 0 Å². The van der Waals surface area contributed by atoms with E-state index < -0.39 is 10.8 Å². The first-order valence-corrected chi connectivity index (χ1v) is 11.8. The number of para-hydroxylation sites is 1. The minimum atomic E-state index is -1.27. The lowest BCUT2D eigenvalue weighted by Gasteiger charge is -2.34. The maximum Gasteiger partial charge on any atom is 0.156 e. The normalized spacial score (nSPS) is 15.0. The van der Waals surface area contributed by atoms with Crippen LogP contribution in [0, 0.1) is 27.7 Å². The highest BCUT2D eigenvalue weighted by Gasteiger charge is 2.30. The third-order valence-corrected chi connectivity index (χ3v) is 7.33. The molecule has 5 nitrogen and oxygen atoms in total. The van der Waals surface area contributed by atoms with Crippen LogP contribution in [0.3, 0.4) is 0 Å². The number of pyridine rings is 1. The van der Waals surface area contributed by atoms with Crippen LogP contribution in [0.1, 0.15) is 34.4 Å². The molecule has 31 heavy (non-hydrogen) atoms. The lowest BCUT2D eigenvalue weighted by molar-refractivity contribution is 0.460. The molecular weight excluding hydrogens is 406 g/mol. The lowest BCUT2D eigenvalue weighted by atomic mass is 10.1. The molecule has 0 spiro atoms. The van der Waals surface area contributed by atoms with Gasteiger partial charge in [0, 0.05) is 24.3 Å². The van der Waals surface area contributed by atoms with Crippen LogP contribution >= 0.6 is 0 Å². The average Bonchev–Trinajstić information content (AvgIpc) is 2.75. The Bertz CT molecular complexity index is 1160. The topological polar surface area (TPSA) is 65.5 Å². The first-order valence-electron chi connectivity index (χ1n) is 10.6. The Kier molecular flexibility index (Phi) is 6.12. The van der Waals surface area contributed by atoms with Crippen molar-refractivity contribution >= 4 is 22.2 Å². The van der Waals surface area contributed by atoms with Gasteiger partial charge in [-0.2, -0.15) is 0 Å². The van der Waals surface area contributed by atoms with E-state index >= 15 is 0 Å². The lowest BCUT2D eigenvalue weighted by Crippen LogP contribution is -2.29. The number of anilines is 2. The molecular formula is C25H29N3O2S. The predicted octanol–water partition coefficient (Wildman–Crippen LogP) is 4.82. The average molecular weight is 436 g/mol. The number of benzene rings is 2. The minimum Gasteiger partial charge on any atom is -0.507 e. The largest absolute Gasteiger partial charge is 0.507 e. The molecule has 2 aromatic carbocycles. The molecule has 1 atom stereocenters. The number of fused-ring (bicyclic) bond motifs is 2. The Morgan fingerprint density at radius 2 is 1.84 bits per heavy atom. The highest BCUT2D eigenvalue weighted by atomic mass is 32.2. The van der Waals surface area contributed by atoms with Crippen molar-refractivity contribution in [3.8, 4) is 5.75 Å². The monoisotopic (exact) mass is 435 g/mol. The number of aromatic hydroxyl groups is 1. The highest BCUT2D eigenvalue weighted by molar-refractivity contribution is 7.85. The third kappa shape index (κ3) is 4.10. The molecule has 1 aromatic heterocycles. The summed E-state index contributed by atoms with van der Waals surface area (Å²) < 4.78 is 13.2. The van der Waals surface area contributed by atoms with Gasteiger partial charge in [0.05, 0.1) is 16.3 Å². The molecule has 2 N–H and O–H groups in total. The number of hydrogen-bond acceptors (Lipinski definition) is 5. The van der Waals surface area contributed by atoms with Crippen LogP contribution in [-0.4, -0.2) is 27.4 Å². The number of hydrogen-bond donors (Lipinski definition) is 2. The van der Waals surface area contributed by atoms with E-state index in [1.54, 1.807) is 0 Å². The summed E-state index contributed by atoms with van der Waals surface area (Å²) >= 11 is 0. The number of phenols is 1. The second-order valence-electron chi connectivity index (χ2n) is 8.16. The van der Waals surface area contributed by atoms with E-state index in [2.05, 4.69) is 29.0 Å². The van der Waals surface area contributed by atoms with Gasteiger partial charge in [0.25, 0.3) is 0 Å². The Labute approximate surface area is 186 Å². The molecule has 1 unspecified atom stereocenters. The van der Waals surface area contributed by atoms with Crippen molar-refractivity contribution in [2.24, 2.45) is 0 Å². The summed E-state index contributed by atoms with van der Waals surface area (Å²) in [6, 6.07) is 13.9. The first kappa shape index (κ1) is 21.5. The number of nitrogens with one attached hydrogen (secondary N) is 1. The zero-order chi connectivity index (χ0) is 22.1. The standard InChI is InChI=1S/C25H29N3O2S/c1-16-9-12-22-23(19(16)4)28(21-11-10-18(3)27-25(21)31(22)30)14-6-13-26-15-20-8-5-7-17(2)24(20)29/h5,7-12,26,29H,6,13-15H2,1-4H3. The van der Waals surface area contributed by atoms with Gasteiger partial charge in [-0.3, -0.25) is 0 Å². The molecule has 0 saturated heterocycles. The van der Waals surface area contributed by atoms with Crippen LogP contribution in [0.5, 0.6) is 5.75 Å².